The van der Waals surface area contributed by atoms with Gasteiger partial charge in [0.15, 0.2) is 0 Å². The molecule has 1 aromatic heterocycles. The Morgan fingerprint density at radius 2 is 1.91 bits per heavy atom. The zero-order valence-corrected chi connectivity index (χ0v) is 12.6. The maximum absolute atomic E-state index is 12.7. The fourth-order valence-electron chi connectivity index (χ4n) is 3.13. The maximum atomic E-state index is 12.7. The molecule has 2 heterocycles. The van der Waals surface area contributed by atoms with Gasteiger partial charge in [-0.2, -0.15) is 0 Å². The van der Waals surface area contributed by atoms with E-state index >= 15 is 0 Å². The van der Waals surface area contributed by atoms with Crippen LogP contribution < -0.4 is 0 Å². The minimum Gasteiger partial charge on any atom is -0.481 e. The first-order valence-electron chi connectivity index (χ1n) is 7.67. The Morgan fingerprint density at radius 1 is 1.18 bits per heavy atom. The van der Waals surface area contributed by atoms with E-state index in [0.717, 1.165) is 18.5 Å². The molecule has 0 aliphatic carbocycles. The van der Waals surface area contributed by atoms with Gasteiger partial charge in [0.2, 0.25) is 5.78 Å². The SMILES string of the molecule is CCc1ccc(C(=O)c2ccc3n2CCCC3C(=O)O)cc1. The van der Waals surface area contributed by atoms with Gasteiger partial charge in [0.1, 0.15) is 0 Å². The molecule has 1 atom stereocenters. The Morgan fingerprint density at radius 3 is 2.55 bits per heavy atom. The maximum Gasteiger partial charge on any atom is 0.312 e. The number of fused-ring (bicyclic) bond motifs is 1. The summed E-state index contributed by atoms with van der Waals surface area (Å²) in [6.45, 7) is 2.78. The smallest absolute Gasteiger partial charge is 0.312 e. The molecule has 0 radical (unpaired) electrons. The van der Waals surface area contributed by atoms with Crippen LogP contribution in [0.2, 0.25) is 0 Å². The van der Waals surface area contributed by atoms with Crippen molar-refractivity contribution in [2.24, 2.45) is 0 Å². The molecule has 1 aliphatic rings. The van der Waals surface area contributed by atoms with E-state index < -0.39 is 11.9 Å². The topological polar surface area (TPSA) is 59.3 Å². The average molecular weight is 297 g/mol. The van der Waals surface area contributed by atoms with Gasteiger partial charge in [0.25, 0.3) is 0 Å². The summed E-state index contributed by atoms with van der Waals surface area (Å²) in [5, 5.41) is 9.31. The molecule has 0 spiro atoms. The second-order valence-corrected chi connectivity index (χ2v) is 5.71. The minimum atomic E-state index is -0.814. The molecule has 4 nitrogen and oxygen atoms in total. The van der Waals surface area contributed by atoms with E-state index in [1.54, 1.807) is 12.1 Å². The van der Waals surface area contributed by atoms with Gasteiger partial charge in [-0.05, 0) is 37.0 Å². The molecule has 22 heavy (non-hydrogen) atoms. The highest BCUT2D eigenvalue weighted by Crippen LogP contribution is 2.30. The number of benzene rings is 1. The van der Waals surface area contributed by atoms with Gasteiger partial charge in [0, 0.05) is 17.8 Å². The molecule has 0 bridgehead atoms. The average Bonchev–Trinajstić information content (AvgIpc) is 2.98. The van der Waals surface area contributed by atoms with Gasteiger partial charge in [-0.15, -0.1) is 0 Å². The first-order valence-corrected chi connectivity index (χ1v) is 7.67. The van der Waals surface area contributed by atoms with E-state index in [1.165, 1.54) is 5.56 Å². The third-order valence-corrected chi connectivity index (χ3v) is 4.40. The highest BCUT2D eigenvalue weighted by Gasteiger charge is 2.29. The number of rotatable bonds is 4. The molecular formula is C18H19NO3. The molecule has 2 aromatic rings. The molecule has 114 valence electrons. The quantitative estimate of drug-likeness (QED) is 0.881. The Bertz CT molecular complexity index is 712. The number of carbonyl (C=O) groups excluding carboxylic acids is 1. The van der Waals surface area contributed by atoms with Crippen LogP contribution in [-0.2, 0) is 17.8 Å². The van der Waals surface area contributed by atoms with Crippen LogP contribution in [0.4, 0.5) is 0 Å². The van der Waals surface area contributed by atoms with Gasteiger partial charge in [-0.25, -0.2) is 0 Å². The van der Waals surface area contributed by atoms with E-state index in [4.69, 9.17) is 0 Å². The van der Waals surface area contributed by atoms with E-state index in [2.05, 4.69) is 6.92 Å². The lowest BCUT2D eigenvalue weighted by atomic mass is 9.96. The normalized spacial score (nSPS) is 17.0. The summed E-state index contributed by atoms with van der Waals surface area (Å²) in [4.78, 5) is 24.0. The fraction of sp³-hybridized carbons (Fsp3) is 0.333. The zero-order chi connectivity index (χ0) is 15.7. The predicted molar refractivity (Wildman–Crippen MR) is 83.3 cm³/mol. The third-order valence-electron chi connectivity index (χ3n) is 4.40. The summed E-state index contributed by atoms with van der Waals surface area (Å²) in [6, 6.07) is 11.2. The highest BCUT2D eigenvalue weighted by molar-refractivity contribution is 6.08. The second kappa shape index (κ2) is 5.79. The van der Waals surface area contributed by atoms with Crippen molar-refractivity contribution < 1.29 is 14.7 Å². The number of carboxylic acids is 1. The van der Waals surface area contributed by atoms with E-state index in [9.17, 15) is 14.7 Å². The van der Waals surface area contributed by atoms with Crippen molar-refractivity contribution in [1.29, 1.82) is 0 Å². The molecular weight excluding hydrogens is 278 g/mol. The molecule has 0 amide bonds. The summed E-state index contributed by atoms with van der Waals surface area (Å²) in [7, 11) is 0. The van der Waals surface area contributed by atoms with Crippen LogP contribution in [-0.4, -0.2) is 21.4 Å². The predicted octanol–water partition coefficient (Wildman–Crippen LogP) is 3.24. The monoisotopic (exact) mass is 297 g/mol. The summed E-state index contributed by atoms with van der Waals surface area (Å²) in [6.07, 6.45) is 2.36. The number of carboxylic acid groups (broad SMARTS) is 1. The molecule has 1 N–H and O–H groups in total. The summed E-state index contributed by atoms with van der Waals surface area (Å²) in [5.41, 5.74) is 3.17. The summed E-state index contributed by atoms with van der Waals surface area (Å²) < 4.78 is 1.87. The van der Waals surface area contributed by atoms with Crippen molar-refractivity contribution in [3.05, 3.63) is 58.9 Å². The van der Waals surface area contributed by atoms with Crippen molar-refractivity contribution in [3.8, 4) is 0 Å². The Balaban J connectivity index is 1.95. The van der Waals surface area contributed by atoms with Gasteiger partial charge < -0.3 is 9.67 Å². The molecule has 0 fully saturated rings. The number of ketones is 1. The second-order valence-electron chi connectivity index (χ2n) is 5.71. The van der Waals surface area contributed by atoms with Gasteiger partial charge in [-0.1, -0.05) is 31.2 Å². The van der Waals surface area contributed by atoms with Crippen LogP contribution in [0.5, 0.6) is 0 Å². The highest BCUT2D eigenvalue weighted by atomic mass is 16.4. The number of hydrogen-bond acceptors (Lipinski definition) is 2. The first-order chi connectivity index (χ1) is 10.6. The number of carbonyl (C=O) groups is 2. The van der Waals surface area contributed by atoms with Gasteiger partial charge >= 0.3 is 5.97 Å². The lowest BCUT2D eigenvalue weighted by Crippen LogP contribution is -2.23. The third kappa shape index (κ3) is 2.45. The van der Waals surface area contributed by atoms with Crippen molar-refractivity contribution in [3.63, 3.8) is 0 Å². The number of hydrogen-bond donors (Lipinski definition) is 1. The summed E-state index contributed by atoms with van der Waals surface area (Å²) >= 11 is 0. The van der Waals surface area contributed by atoms with Crippen molar-refractivity contribution in [2.45, 2.75) is 38.6 Å². The molecule has 4 heteroatoms. The van der Waals surface area contributed by atoms with Crippen molar-refractivity contribution in [1.82, 2.24) is 4.57 Å². The van der Waals surface area contributed by atoms with Crippen LogP contribution in [0.25, 0.3) is 0 Å². The van der Waals surface area contributed by atoms with Gasteiger partial charge in [-0.3, -0.25) is 9.59 Å². The number of nitrogens with zero attached hydrogens (tertiary/aromatic N) is 1. The van der Waals surface area contributed by atoms with Crippen LogP contribution >= 0.6 is 0 Å². The molecule has 0 saturated heterocycles. The first kappa shape index (κ1) is 14.6. The van der Waals surface area contributed by atoms with E-state index in [0.29, 0.717) is 24.2 Å². The van der Waals surface area contributed by atoms with Crippen molar-refractivity contribution >= 4 is 11.8 Å². The standard InChI is InChI=1S/C18H19NO3/c1-2-12-5-7-13(8-6-12)17(20)16-10-9-15-14(18(21)22)4-3-11-19(15)16/h5-10,14H,2-4,11H2,1H3,(H,21,22). The largest absolute Gasteiger partial charge is 0.481 e. The zero-order valence-electron chi connectivity index (χ0n) is 12.6. The molecule has 1 aromatic carbocycles. The number of aliphatic carboxylic acids is 1. The van der Waals surface area contributed by atoms with Crippen LogP contribution in [0.15, 0.2) is 36.4 Å². The fourth-order valence-corrected chi connectivity index (χ4v) is 3.13. The Kier molecular flexibility index (Phi) is 3.84. The van der Waals surface area contributed by atoms with Gasteiger partial charge in [0.05, 0.1) is 11.6 Å². The molecule has 1 aliphatic heterocycles. The summed E-state index contributed by atoms with van der Waals surface area (Å²) in [5.74, 6) is -1.36. The van der Waals surface area contributed by atoms with Crippen LogP contribution in [0.3, 0.4) is 0 Å². The van der Waals surface area contributed by atoms with Crippen LogP contribution in [0.1, 0.15) is 53.0 Å². The van der Waals surface area contributed by atoms with E-state index in [-0.39, 0.29) is 5.78 Å². The minimum absolute atomic E-state index is 0.0417. The molecule has 0 saturated carbocycles. The molecule has 3 rings (SSSR count). The Hall–Kier alpha value is -2.36. The Labute approximate surface area is 129 Å². The lowest BCUT2D eigenvalue weighted by Gasteiger charge is -2.23. The number of aryl methyl sites for hydroxylation is 1. The van der Waals surface area contributed by atoms with Crippen molar-refractivity contribution in [2.75, 3.05) is 0 Å². The lowest BCUT2D eigenvalue weighted by molar-refractivity contribution is -0.139. The van der Waals surface area contributed by atoms with E-state index in [1.807, 2.05) is 28.8 Å². The van der Waals surface area contributed by atoms with Crippen LogP contribution in [0, 0.1) is 0 Å². The molecule has 1 unspecified atom stereocenters. The number of aromatic nitrogens is 1.